The van der Waals surface area contributed by atoms with Crippen molar-refractivity contribution >= 4 is 29.9 Å². The summed E-state index contributed by atoms with van der Waals surface area (Å²) < 4.78 is 0. The first-order chi connectivity index (χ1) is 11.3. The van der Waals surface area contributed by atoms with Gasteiger partial charge in [-0.1, -0.05) is 30.3 Å². The van der Waals surface area contributed by atoms with Crippen LogP contribution in [0.15, 0.2) is 35.3 Å². The molecule has 0 saturated carbocycles. The van der Waals surface area contributed by atoms with Crippen molar-refractivity contribution < 1.29 is 5.11 Å². The zero-order valence-electron chi connectivity index (χ0n) is 14.6. The summed E-state index contributed by atoms with van der Waals surface area (Å²) >= 11 is 0. The lowest BCUT2D eigenvalue weighted by molar-refractivity contribution is 0.265. The summed E-state index contributed by atoms with van der Waals surface area (Å²) in [6.07, 6.45) is 3.82. The highest BCUT2D eigenvalue weighted by Crippen LogP contribution is 2.13. The summed E-state index contributed by atoms with van der Waals surface area (Å²) in [7, 11) is 1.78. The Morgan fingerprint density at radius 1 is 1.21 bits per heavy atom. The molecular weight excluding hydrogens is 415 g/mol. The molecule has 1 saturated heterocycles. The zero-order chi connectivity index (χ0) is 16.3. The van der Waals surface area contributed by atoms with Gasteiger partial charge in [-0.15, -0.1) is 24.0 Å². The standard InChI is InChI=1S/C18H30N4O.HI/c1-19-18(20-10-7-13-22-11-5-6-12-22)21-14-17(15-23)16-8-3-2-4-9-16;/h2-4,8-9,17,23H,5-7,10-15H2,1H3,(H2,19,20,21);1H. The third kappa shape index (κ3) is 7.36. The van der Waals surface area contributed by atoms with Crippen molar-refractivity contribution in [3.05, 3.63) is 35.9 Å². The quantitative estimate of drug-likeness (QED) is 0.248. The Balaban J connectivity index is 0.00000288. The SMILES string of the molecule is CN=C(NCCCN1CCCC1)NCC(CO)c1ccccc1.I. The largest absolute Gasteiger partial charge is 0.396 e. The van der Waals surface area contributed by atoms with Crippen LogP contribution in [-0.4, -0.2) is 62.3 Å². The van der Waals surface area contributed by atoms with Crippen molar-refractivity contribution in [2.45, 2.75) is 25.2 Å². The Kier molecular flexibility index (Phi) is 11.0. The molecule has 0 spiro atoms. The number of aliphatic imine (C=N–C) groups is 1. The minimum atomic E-state index is 0. The molecule has 136 valence electrons. The number of likely N-dealkylation sites (tertiary alicyclic amines) is 1. The molecule has 1 aliphatic heterocycles. The third-order valence-corrected chi connectivity index (χ3v) is 4.37. The van der Waals surface area contributed by atoms with E-state index in [0.29, 0.717) is 6.54 Å². The Hall–Kier alpha value is -0.860. The van der Waals surface area contributed by atoms with Gasteiger partial charge in [-0.25, -0.2) is 0 Å². The van der Waals surface area contributed by atoms with E-state index in [0.717, 1.165) is 31.0 Å². The zero-order valence-corrected chi connectivity index (χ0v) is 16.9. The van der Waals surface area contributed by atoms with E-state index in [1.54, 1.807) is 7.05 Å². The lowest BCUT2D eigenvalue weighted by Crippen LogP contribution is -2.40. The molecule has 24 heavy (non-hydrogen) atoms. The molecule has 1 fully saturated rings. The first-order valence-corrected chi connectivity index (χ1v) is 8.66. The molecule has 2 rings (SSSR count). The maximum absolute atomic E-state index is 9.59. The van der Waals surface area contributed by atoms with Crippen LogP contribution in [0.2, 0.25) is 0 Å². The fourth-order valence-electron chi connectivity index (χ4n) is 2.97. The number of nitrogens with one attached hydrogen (secondary N) is 2. The highest BCUT2D eigenvalue weighted by atomic mass is 127. The van der Waals surface area contributed by atoms with E-state index in [1.165, 1.54) is 25.9 Å². The predicted molar refractivity (Wildman–Crippen MR) is 111 cm³/mol. The number of nitrogens with zero attached hydrogens (tertiary/aromatic N) is 2. The van der Waals surface area contributed by atoms with Gasteiger partial charge in [0.15, 0.2) is 5.96 Å². The average molecular weight is 446 g/mol. The van der Waals surface area contributed by atoms with E-state index in [2.05, 4.69) is 32.7 Å². The van der Waals surface area contributed by atoms with E-state index < -0.39 is 0 Å². The number of benzene rings is 1. The number of guanidine groups is 1. The van der Waals surface area contributed by atoms with Crippen molar-refractivity contribution in [2.75, 3.05) is 46.4 Å². The smallest absolute Gasteiger partial charge is 0.191 e. The lowest BCUT2D eigenvalue weighted by Gasteiger charge is -2.19. The molecule has 5 nitrogen and oxygen atoms in total. The number of rotatable bonds is 8. The monoisotopic (exact) mass is 446 g/mol. The second-order valence-corrected chi connectivity index (χ2v) is 6.07. The molecule has 1 aliphatic rings. The summed E-state index contributed by atoms with van der Waals surface area (Å²) in [5.74, 6) is 0.889. The normalized spacial score (nSPS) is 16.5. The van der Waals surface area contributed by atoms with Gasteiger partial charge in [-0.2, -0.15) is 0 Å². The summed E-state index contributed by atoms with van der Waals surface area (Å²) in [4.78, 5) is 6.78. The molecule has 1 heterocycles. The lowest BCUT2D eigenvalue weighted by atomic mass is 10.0. The molecule has 3 N–H and O–H groups in total. The van der Waals surface area contributed by atoms with Gasteiger partial charge in [0.25, 0.3) is 0 Å². The molecule has 1 atom stereocenters. The van der Waals surface area contributed by atoms with Crippen LogP contribution in [0.5, 0.6) is 0 Å². The fourth-order valence-corrected chi connectivity index (χ4v) is 2.97. The number of hydrogen-bond donors (Lipinski definition) is 3. The summed E-state index contributed by atoms with van der Waals surface area (Å²) in [5.41, 5.74) is 1.15. The van der Waals surface area contributed by atoms with Gasteiger partial charge in [0, 0.05) is 26.1 Å². The number of halogens is 1. The van der Waals surface area contributed by atoms with Crippen molar-refractivity contribution in [2.24, 2.45) is 4.99 Å². The fraction of sp³-hybridized carbons (Fsp3) is 0.611. The topological polar surface area (TPSA) is 59.9 Å². The van der Waals surface area contributed by atoms with E-state index in [9.17, 15) is 5.11 Å². The Morgan fingerprint density at radius 2 is 1.92 bits per heavy atom. The number of aliphatic hydroxyl groups is 1. The van der Waals surface area contributed by atoms with Crippen LogP contribution in [0.4, 0.5) is 0 Å². The van der Waals surface area contributed by atoms with Crippen molar-refractivity contribution in [1.82, 2.24) is 15.5 Å². The van der Waals surface area contributed by atoms with Crippen LogP contribution < -0.4 is 10.6 Å². The second-order valence-electron chi connectivity index (χ2n) is 6.07. The van der Waals surface area contributed by atoms with Crippen molar-refractivity contribution in [3.63, 3.8) is 0 Å². The first kappa shape index (κ1) is 21.2. The van der Waals surface area contributed by atoms with E-state index in [1.807, 2.05) is 18.2 Å². The van der Waals surface area contributed by atoms with Crippen LogP contribution >= 0.6 is 24.0 Å². The number of hydrogen-bond acceptors (Lipinski definition) is 3. The summed E-state index contributed by atoms with van der Waals surface area (Å²) in [6, 6.07) is 10.1. The van der Waals surface area contributed by atoms with Crippen molar-refractivity contribution in [3.8, 4) is 0 Å². The molecule has 6 heteroatoms. The van der Waals surface area contributed by atoms with Gasteiger partial charge in [-0.05, 0) is 44.5 Å². The van der Waals surface area contributed by atoms with Crippen LogP contribution in [0, 0.1) is 0 Å². The molecule has 0 amide bonds. The Bertz CT molecular complexity index is 463. The molecule has 0 bridgehead atoms. The Morgan fingerprint density at radius 3 is 2.54 bits per heavy atom. The predicted octanol–water partition coefficient (Wildman–Crippen LogP) is 2.03. The maximum Gasteiger partial charge on any atom is 0.191 e. The molecule has 1 unspecified atom stereocenters. The van der Waals surface area contributed by atoms with Crippen LogP contribution in [0.3, 0.4) is 0 Å². The highest BCUT2D eigenvalue weighted by molar-refractivity contribution is 14.0. The minimum absolute atomic E-state index is 0. The van der Waals surface area contributed by atoms with Gasteiger partial charge in [0.1, 0.15) is 0 Å². The molecule has 1 aromatic rings. The van der Waals surface area contributed by atoms with Gasteiger partial charge >= 0.3 is 0 Å². The van der Waals surface area contributed by atoms with E-state index >= 15 is 0 Å². The van der Waals surface area contributed by atoms with Gasteiger partial charge in [0.05, 0.1) is 6.61 Å². The second kappa shape index (κ2) is 12.5. The Labute approximate surface area is 162 Å². The number of aliphatic hydroxyl groups excluding tert-OH is 1. The molecule has 1 aromatic carbocycles. The molecule has 0 aromatic heterocycles. The molecule has 0 radical (unpaired) electrons. The highest BCUT2D eigenvalue weighted by Gasteiger charge is 2.12. The summed E-state index contributed by atoms with van der Waals surface area (Å²) in [6.45, 7) is 5.39. The molecular formula is C18H31IN4O. The maximum atomic E-state index is 9.59. The van der Waals surface area contributed by atoms with Crippen LogP contribution in [-0.2, 0) is 0 Å². The van der Waals surface area contributed by atoms with Crippen LogP contribution in [0.25, 0.3) is 0 Å². The van der Waals surface area contributed by atoms with E-state index in [-0.39, 0.29) is 36.5 Å². The third-order valence-electron chi connectivity index (χ3n) is 4.37. The first-order valence-electron chi connectivity index (χ1n) is 8.66. The van der Waals surface area contributed by atoms with Crippen LogP contribution in [0.1, 0.15) is 30.7 Å². The molecule has 0 aliphatic carbocycles. The van der Waals surface area contributed by atoms with Crippen molar-refractivity contribution in [1.29, 1.82) is 0 Å². The average Bonchev–Trinajstić information content (AvgIpc) is 3.11. The minimum Gasteiger partial charge on any atom is -0.396 e. The van der Waals surface area contributed by atoms with Gasteiger partial charge < -0.3 is 20.6 Å². The summed E-state index contributed by atoms with van der Waals surface area (Å²) in [5, 5.41) is 16.3. The van der Waals surface area contributed by atoms with Gasteiger partial charge in [0.2, 0.25) is 0 Å². The van der Waals surface area contributed by atoms with E-state index in [4.69, 9.17) is 0 Å². The van der Waals surface area contributed by atoms with Gasteiger partial charge in [-0.3, -0.25) is 4.99 Å².